The van der Waals surface area contributed by atoms with Crippen LogP contribution < -0.4 is 34.7 Å². The van der Waals surface area contributed by atoms with Crippen LogP contribution in [0.25, 0.3) is 0 Å². The number of nitrogens with zero attached hydrogens (tertiary/aromatic N) is 1. The van der Waals surface area contributed by atoms with Crippen LogP contribution in [0.2, 0.25) is 0 Å². The Balaban J connectivity index is 0.00000420. The smallest absolute Gasteiger partial charge is 0.862 e. The van der Waals surface area contributed by atoms with Crippen molar-refractivity contribution in [2.45, 2.75) is 68.3 Å². The summed E-state index contributed by atoms with van der Waals surface area (Å²) in [5.74, 6) is -2.29. The summed E-state index contributed by atoms with van der Waals surface area (Å²) in [7, 11) is 1.14. The molecule has 2 fully saturated rings. The maximum Gasteiger partial charge on any atom is 1.00 e. The molecule has 0 aromatic rings. The molecule has 162 valence electrons. The minimum Gasteiger partial charge on any atom is -0.862 e. The van der Waals surface area contributed by atoms with Gasteiger partial charge in [-0.3, -0.25) is 4.99 Å². The number of carboxylic acid groups (broad SMARTS) is 1. The molecule has 29 heavy (non-hydrogen) atoms. The summed E-state index contributed by atoms with van der Waals surface area (Å²) in [6.07, 6.45) is -14.7. The Bertz CT molecular complexity index is 576. The third-order valence-corrected chi connectivity index (χ3v) is 4.49. The van der Waals surface area contributed by atoms with Gasteiger partial charge in [0.25, 0.3) is 0 Å². The standard InChI is InChI=1S/C15H25NO12.Na/c1-4(18)16-6-8(20)7(19)5(3-17)26-14(6)27-11-9(21)10(22)15(25-2)28-12(11)13(23)24;/h5-12,14-15,17,19-22H,3H2,1-2H3,(H,16,18)(H,23,24);/q;+1/p-1/t5-,6-,7-,8-,9-,10-,11+,12+,14+,15-;/m1./s1. The minimum atomic E-state index is -1.81. The number of aliphatic carboxylic acids is 1. The fourth-order valence-electron chi connectivity index (χ4n) is 3.06. The van der Waals surface area contributed by atoms with Crippen LogP contribution in [0.15, 0.2) is 4.99 Å². The number of aliphatic hydroxyl groups excluding tert-OH is 5. The van der Waals surface area contributed by atoms with Crippen molar-refractivity contribution in [3.8, 4) is 0 Å². The molecule has 0 aromatic heterocycles. The molecule has 13 nitrogen and oxygen atoms in total. The van der Waals surface area contributed by atoms with Crippen molar-refractivity contribution in [1.29, 1.82) is 0 Å². The number of methoxy groups -OCH3 is 1. The number of hydrogen-bond acceptors (Lipinski definition) is 12. The second kappa shape index (κ2) is 11.3. The molecule has 2 rings (SSSR count). The fraction of sp³-hybridized carbons (Fsp3) is 0.867. The SMILES string of the molecule is CO[C@@H]1O[C@H](C(=O)O)[C@@H](O[C@@H]2O[C@H](CO)[C@@H](O)[C@H](O)[C@H]2N=C(C)[O-])[C@H](O)[C@H]1O.[Na+]. The van der Waals surface area contributed by atoms with E-state index in [2.05, 4.69) is 4.99 Å². The molecule has 0 saturated carbocycles. The van der Waals surface area contributed by atoms with Crippen LogP contribution in [0.5, 0.6) is 0 Å². The Hall–Kier alpha value is -0.420. The van der Waals surface area contributed by atoms with Gasteiger partial charge in [0.1, 0.15) is 42.7 Å². The summed E-state index contributed by atoms with van der Waals surface area (Å²) in [6, 6.07) is -1.49. The molecule has 2 heterocycles. The van der Waals surface area contributed by atoms with Gasteiger partial charge in [0.2, 0.25) is 0 Å². The van der Waals surface area contributed by atoms with Crippen LogP contribution in [0, 0.1) is 0 Å². The van der Waals surface area contributed by atoms with Crippen LogP contribution in [-0.2, 0) is 23.7 Å². The number of aliphatic imine (C=N–C) groups is 1. The van der Waals surface area contributed by atoms with Crippen LogP contribution in [-0.4, -0.2) is 118 Å². The Morgan fingerprint density at radius 2 is 1.69 bits per heavy atom. The Morgan fingerprint density at radius 1 is 1.07 bits per heavy atom. The van der Waals surface area contributed by atoms with Crippen LogP contribution in [0.4, 0.5) is 0 Å². The van der Waals surface area contributed by atoms with Crippen LogP contribution in [0.3, 0.4) is 0 Å². The van der Waals surface area contributed by atoms with Gasteiger partial charge in [-0.1, -0.05) is 0 Å². The molecule has 14 heteroatoms. The first kappa shape index (κ1) is 26.6. The van der Waals surface area contributed by atoms with Crippen molar-refractivity contribution >= 4 is 11.9 Å². The van der Waals surface area contributed by atoms with E-state index in [1.54, 1.807) is 0 Å². The van der Waals surface area contributed by atoms with Crippen LogP contribution >= 0.6 is 0 Å². The van der Waals surface area contributed by atoms with E-state index in [0.717, 1.165) is 14.0 Å². The third-order valence-electron chi connectivity index (χ3n) is 4.49. The molecule has 0 unspecified atom stereocenters. The monoisotopic (exact) mass is 433 g/mol. The van der Waals surface area contributed by atoms with Gasteiger partial charge in [-0.15, -0.1) is 0 Å². The molecule has 6 N–H and O–H groups in total. The van der Waals surface area contributed by atoms with Crippen molar-refractivity contribution in [2.75, 3.05) is 13.7 Å². The molecule has 2 aliphatic rings. The van der Waals surface area contributed by atoms with E-state index in [1.807, 2.05) is 0 Å². The Kier molecular flexibility index (Phi) is 10.3. The summed E-state index contributed by atoms with van der Waals surface area (Å²) < 4.78 is 20.6. The molecule has 0 bridgehead atoms. The van der Waals surface area contributed by atoms with Gasteiger partial charge < -0.3 is 54.7 Å². The van der Waals surface area contributed by atoms with Gasteiger partial charge in [-0.05, 0) is 12.8 Å². The summed E-state index contributed by atoms with van der Waals surface area (Å²) in [4.78, 5) is 15.1. The maximum absolute atomic E-state index is 11.5. The average Bonchev–Trinajstić information content (AvgIpc) is 2.64. The molecular weight excluding hydrogens is 409 g/mol. The minimum absolute atomic E-state index is 0. The summed E-state index contributed by atoms with van der Waals surface area (Å²) in [5, 5.41) is 70.5. The largest absolute Gasteiger partial charge is 1.00 e. The van der Waals surface area contributed by atoms with Crippen LogP contribution in [0.1, 0.15) is 6.92 Å². The number of ether oxygens (including phenoxy) is 4. The topological polar surface area (TPSA) is 211 Å². The molecule has 10 atom stereocenters. The molecule has 0 amide bonds. The van der Waals surface area contributed by atoms with E-state index in [-0.39, 0.29) is 29.6 Å². The molecule has 2 saturated heterocycles. The summed E-state index contributed by atoms with van der Waals surface area (Å²) >= 11 is 0. The van der Waals surface area contributed by atoms with Gasteiger partial charge in [0, 0.05) is 7.11 Å². The summed E-state index contributed by atoms with van der Waals surface area (Å²) in [5.41, 5.74) is 0. The van der Waals surface area contributed by atoms with Crippen molar-refractivity contribution < 1.29 is 89.0 Å². The number of rotatable bonds is 6. The van der Waals surface area contributed by atoms with E-state index in [4.69, 9.17) is 18.9 Å². The normalized spacial score (nSPS) is 43.5. The van der Waals surface area contributed by atoms with E-state index < -0.39 is 79.8 Å². The Morgan fingerprint density at radius 3 is 2.17 bits per heavy atom. The molecule has 2 aliphatic heterocycles. The molecule has 0 aromatic carbocycles. The number of aliphatic hydroxyl groups is 5. The fourth-order valence-corrected chi connectivity index (χ4v) is 3.06. The quantitative estimate of drug-likeness (QED) is 0.131. The van der Waals surface area contributed by atoms with Crippen molar-refractivity contribution in [2.24, 2.45) is 4.99 Å². The molecule has 0 spiro atoms. The van der Waals surface area contributed by atoms with Crippen molar-refractivity contribution in [3.63, 3.8) is 0 Å². The van der Waals surface area contributed by atoms with E-state index in [1.165, 1.54) is 0 Å². The second-order valence-corrected chi connectivity index (χ2v) is 6.43. The van der Waals surface area contributed by atoms with Gasteiger partial charge in [-0.2, -0.15) is 0 Å². The first-order valence-corrected chi connectivity index (χ1v) is 8.38. The first-order valence-electron chi connectivity index (χ1n) is 8.38. The zero-order chi connectivity index (χ0) is 21.2. The van der Waals surface area contributed by atoms with Gasteiger partial charge in [0.05, 0.1) is 6.61 Å². The zero-order valence-electron chi connectivity index (χ0n) is 16.1. The van der Waals surface area contributed by atoms with E-state index in [9.17, 15) is 40.5 Å². The van der Waals surface area contributed by atoms with E-state index >= 15 is 0 Å². The van der Waals surface area contributed by atoms with Crippen molar-refractivity contribution in [3.05, 3.63) is 0 Å². The third kappa shape index (κ3) is 5.84. The van der Waals surface area contributed by atoms with Gasteiger partial charge >= 0.3 is 35.5 Å². The maximum atomic E-state index is 11.5. The van der Waals surface area contributed by atoms with E-state index in [0.29, 0.717) is 0 Å². The molecule has 0 radical (unpaired) electrons. The number of hydrogen-bond donors (Lipinski definition) is 6. The molecule has 0 aliphatic carbocycles. The predicted octanol–water partition coefficient (Wildman–Crippen LogP) is -7.86. The van der Waals surface area contributed by atoms with Crippen molar-refractivity contribution in [1.82, 2.24) is 0 Å². The zero-order valence-corrected chi connectivity index (χ0v) is 18.1. The Labute approximate surface area is 187 Å². The second-order valence-electron chi connectivity index (χ2n) is 6.43. The van der Waals surface area contributed by atoms with Gasteiger partial charge in [-0.25, -0.2) is 4.79 Å². The predicted molar refractivity (Wildman–Crippen MR) is 84.8 cm³/mol. The summed E-state index contributed by atoms with van der Waals surface area (Å²) in [6.45, 7) is 0.338. The number of carbonyl (C=O) groups is 1. The first-order chi connectivity index (χ1) is 13.1. The molecular formula is C15H24NNaO12. The number of carboxylic acids is 1. The average molecular weight is 433 g/mol. The van der Waals surface area contributed by atoms with Gasteiger partial charge in [0.15, 0.2) is 18.7 Å².